The molecule has 0 unspecified atom stereocenters. The summed E-state index contributed by atoms with van der Waals surface area (Å²) in [5.74, 6) is 0.0944. The maximum atomic E-state index is 12.9. The minimum absolute atomic E-state index is 0.0944. The van der Waals surface area contributed by atoms with Crippen LogP contribution in [0.3, 0.4) is 0 Å². The molecule has 0 bridgehead atoms. The molecule has 0 saturated carbocycles. The summed E-state index contributed by atoms with van der Waals surface area (Å²) in [5, 5.41) is 2.12. The minimum Gasteiger partial charge on any atom is -0.372 e. The maximum Gasteiger partial charge on any atom is 0.193 e. The zero-order valence-corrected chi connectivity index (χ0v) is 13.7. The van der Waals surface area contributed by atoms with Crippen molar-refractivity contribution in [3.05, 3.63) is 77.9 Å². The van der Waals surface area contributed by atoms with Crippen molar-refractivity contribution in [1.29, 1.82) is 0 Å². The van der Waals surface area contributed by atoms with E-state index in [9.17, 15) is 4.79 Å². The molecule has 120 valence electrons. The number of carbonyl (C=O) groups excluding carboxylic acids is 1. The highest BCUT2D eigenvalue weighted by atomic mass is 16.1. The van der Waals surface area contributed by atoms with Gasteiger partial charge in [0.15, 0.2) is 5.78 Å². The molecule has 1 fully saturated rings. The van der Waals surface area contributed by atoms with E-state index in [1.54, 1.807) is 0 Å². The predicted molar refractivity (Wildman–Crippen MR) is 99.9 cm³/mol. The molecule has 2 heteroatoms. The molecule has 0 aliphatic carbocycles. The smallest absolute Gasteiger partial charge is 0.193 e. The highest BCUT2D eigenvalue weighted by molar-refractivity contribution is 6.16. The highest BCUT2D eigenvalue weighted by Gasteiger charge is 2.14. The van der Waals surface area contributed by atoms with Gasteiger partial charge in [0.2, 0.25) is 0 Å². The zero-order valence-electron chi connectivity index (χ0n) is 13.7. The number of carbonyl (C=O) groups is 1. The van der Waals surface area contributed by atoms with Gasteiger partial charge in [0.25, 0.3) is 0 Å². The fourth-order valence-corrected chi connectivity index (χ4v) is 3.55. The van der Waals surface area contributed by atoms with Crippen molar-refractivity contribution in [2.24, 2.45) is 0 Å². The van der Waals surface area contributed by atoms with Crippen molar-refractivity contribution in [3.63, 3.8) is 0 Å². The van der Waals surface area contributed by atoms with Crippen LogP contribution in [0.15, 0.2) is 66.7 Å². The quantitative estimate of drug-likeness (QED) is 0.630. The lowest BCUT2D eigenvalue weighted by atomic mass is 9.97. The van der Waals surface area contributed by atoms with Gasteiger partial charge < -0.3 is 4.90 Å². The molecule has 2 nitrogen and oxygen atoms in total. The number of hydrogen-bond donors (Lipinski definition) is 0. The lowest BCUT2D eigenvalue weighted by molar-refractivity contribution is 0.104. The summed E-state index contributed by atoms with van der Waals surface area (Å²) < 4.78 is 0. The van der Waals surface area contributed by atoms with Gasteiger partial charge in [0.1, 0.15) is 0 Å². The molecule has 1 heterocycles. The van der Waals surface area contributed by atoms with Gasteiger partial charge in [-0.05, 0) is 54.3 Å². The first kappa shape index (κ1) is 14.9. The van der Waals surface area contributed by atoms with Crippen LogP contribution in [0.4, 0.5) is 5.69 Å². The van der Waals surface area contributed by atoms with Gasteiger partial charge in [-0.1, -0.05) is 42.5 Å². The average molecular weight is 315 g/mol. The van der Waals surface area contributed by atoms with Crippen LogP contribution < -0.4 is 4.90 Å². The summed E-state index contributed by atoms with van der Waals surface area (Å²) in [6.45, 7) is 2.24. The Bertz CT molecular complexity index is 855. The molecule has 3 aromatic rings. The molecule has 0 atom stereocenters. The molecule has 1 aliphatic rings. The topological polar surface area (TPSA) is 20.3 Å². The van der Waals surface area contributed by atoms with Crippen LogP contribution >= 0.6 is 0 Å². The molecule has 1 aliphatic heterocycles. The molecule has 0 spiro atoms. The van der Waals surface area contributed by atoms with Crippen molar-refractivity contribution in [2.45, 2.75) is 19.3 Å². The second-order valence-corrected chi connectivity index (χ2v) is 6.45. The van der Waals surface area contributed by atoms with Crippen molar-refractivity contribution >= 4 is 22.2 Å². The largest absolute Gasteiger partial charge is 0.372 e. The molecule has 0 amide bonds. The van der Waals surface area contributed by atoms with Crippen molar-refractivity contribution in [1.82, 2.24) is 0 Å². The van der Waals surface area contributed by atoms with Crippen LogP contribution in [0.2, 0.25) is 0 Å². The Kier molecular flexibility index (Phi) is 4.04. The molecule has 0 N–H and O–H groups in total. The molecular weight excluding hydrogens is 294 g/mol. The SMILES string of the molecule is O=C(c1ccc(N2CCCCC2)cc1)c1cccc2ccccc12. The van der Waals surface area contributed by atoms with E-state index in [0.29, 0.717) is 0 Å². The van der Waals surface area contributed by atoms with E-state index in [1.807, 2.05) is 54.6 Å². The van der Waals surface area contributed by atoms with Crippen LogP contribution in [0, 0.1) is 0 Å². The molecule has 1 saturated heterocycles. The number of rotatable bonds is 3. The van der Waals surface area contributed by atoms with E-state index in [4.69, 9.17) is 0 Å². The zero-order chi connectivity index (χ0) is 16.4. The van der Waals surface area contributed by atoms with Crippen LogP contribution in [-0.2, 0) is 0 Å². The first-order chi connectivity index (χ1) is 11.8. The molecular formula is C22H21NO. The second-order valence-electron chi connectivity index (χ2n) is 6.45. The van der Waals surface area contributed by atoms with Gasteiger partial charge >= 0.3 is 0 Å². The fourth-order valence-electron chi connectivity index (χ4n) is 3.55. The Morgan fingerprint density at radius 3 is 2.25 bits per heavy atom. The van der Waals surface area contributed by atoms with Crippen LogP contribution in [0.5, 0.6) is 0 Å². The van der Waals surface area contributed by atoms with E-state index in [1.165, 1.54) is 24.9 Å². The third kappa shape index (κ3) is 2.80. The van der Waals surface area contributed by atoms with E-state index < -0.39 is 0 Å². The first-order valence-electron chi connectivity index (χ1n) is 8.70. The van der Waals surface area contributed by atoms with Crippen molar-refractivity contribution < 1.29 is 4.79 Å². The first-order valence-corrected chi connectivity index (χ1v) is 8.70. The third-order valence-corrected chi connectivity index (χ3v) is 4.88. The number of anilines is 1. The second kappa shape index (κ2) is 6.48. The number of nitrogens with zero attached hydrogens (tertiary/aromatic N) is 1. The Balaban J connectivity index is 1.64. The number of benzene rings is 3. The highest BCUT2D eigenvalue weighted by Crippen LogP contribution is 2.24. The molecule has 0 radical (unpaired) electrons. The normalized spacial score (nSPS) is 14.8. The molecule has 24 heavy (non-hydrogen) atoms. The average Bonchev–Trinajstić information content (AvgIpc) is 2.68. The number of fused-ring (bicyclic) bond motifs is 1. The minimum atomic E-state index is 0.0944. The fraction of sp³-hybridized carbons (Fsp3) is 0.227. The maximum absolute atomic E-state index is 12.9. The summed E-state index contributed by atoms with van der Waals surface area (Å²) in [5.41, 5.74) is 2.76. The monoisotopic (exact) mass is 315 g/mol. The van der Waals surface area contributed by atoms with Crippen molar-refractivity contribution in [3.8, 4) is 0 Å². The van der Waals surface area contributed by atoms with Gasteiger partial charge in [-0.15, -0.1) is 0 Å². The van der Waals surface area contributed by atoms with Crippen LogP contribution in [-0.4, -0.2) is 18.9 Å². The Morgan fingerprint density at radius 2 is 1.46 bits per heavy atom. The van der Waals surface area contributed by atoms with Gasteiger partial charge in [0, 0.05) is 29.9 Å². The van der Waals surface area contributed by atoms with Crippen LogP contribution in [0.1, 0.15) is 35.2 Å². The Morgan fingerprint density at radius 1 is 0.750 bits per heavy atom. The summed E-state index contributed by atoms with van der Waals surface area (Å²) in [7, 11) is 0. The van der Waals surface area contributed by atoms with Crippen molar-refractivity contribution in [2.75, 3.05) is 18.0 Å². The molecule has 4 rings (SSSR count). The lowest BCUT2D eigenvalue weighted by Gasteiger charge is -2.28. The number of hydrogen-bond acceptors (Lipinski definition) is 2. The van der Waals surface area contributed by atoms with E-state index in [-0.39, 0.29) is 5.78 Å². The lowest BCUT2D eigenvalue weighted by Crippen LogP contribution is -2.29. The van der Waals surface area contributed by atoms with Gasteiger partial charge in [-0.25, -0.2) is 0 Å². The van der Waals surface area contributed by atoms with E-state index in [2.05, 4.69) is 17.0 Å². The summed E-state index contributed by atoms with van der Waals surface area (Å²) in [6.07, 6.45) is 3.85. The van der Waals surface area contributed by atoms with Crippen LogP contribution in [0.25, 0.3) is 10.8 Å². The van der Waals surface area contributed by atoms with Gasteiger partial charge in [0.05, 0.1) is 0 Å². The molecule has 3 aromatic carbocycles. The standard InChI is InChI=1S/C22H21NO/c24-22(21-10-6-8-17-7-2-3-9-20(17)21)18-11-13-19(14-12-18)23-15-4-1-5-16-23/h2-3,6-14H,1,4-5,15-16H2. The summed E-state index contributed by atoms with van der Waals surface area (Å²) in [4.78, 5) is 15.3. The van der Waals surface area contributed by atoms with Gasteiger partial charge in [-0.2, -0.15) is 0 Å². The third-order valence-electron chi connectivity index (χ3n) is 4.88. The number of piperidine rings is 1. The predicted octanol–water partition coefficient (Wildman–Crippen LogP) is 5.06. The summed E-state index contributed by atoms with van der Waals surface area (Å²) in [6, 6.07) is 22.1. The molecule has 0 aromatic heterocycles. The number of ketones is 1. The Labute approximate surface area is 142 Å². The van der Waals surface area contributed by atoms with E-state index >= 15 is 0 Å². The Hall–Kier alpha value is -2.61. The van der Waals surface area contributed by atoms with E-state index in [0.717, 1.165) is 35.0 Å². The summed E-state index contributed by atoms with van der Waals surface area (Å²) >= 11 is 0. The van der Waals surface area contributed by atoms with Gasteiger partial charge in [-0.3, -0.25) is 4.79 Å².